The molecule has 0 bridgehead atoms. The topological polar surface area (TPSA) is 56.2 Å². The van der Waals surface area contributed by atoms with Gasteiger partial charge in [-0.2, -0.15) is 5.10 Å². The minimum atomic E-state index is -0.326. The molecule has 0 atom stereocenters. The number of nitrogens with one attached hydrogen (secondary N) is 1. The summed E-state index contributed by atoms with van der Waals surface area (Å²) in [6.07, 6.45) is 1.75. The monoisotopic (exact) mass is 503 g/mol. The van der Waals surface area contributed by atoms with Crippen LogP contribution in [0, 0.1) is 11.6 Å². The standard InChI is InChI=1S/C22H16BrF2N3O2S/c23-19-11-28(10-14-1-3-16(24)4-2-14)27-21(19)26-22(29)20-9-15(13-31-20)12-30-18-7-5-17(25)6-8-18/h1-9,11,13H,10,12H2,(H,26,27,29). The quantitative estimate of drug-likeness (QED) is 0.343. The van der Waals surface area contributed by atoms with Gasteiger partial charge in [0.05, 0.1) is 15.9 Å². The number of halogens is 3. The number of rotatable bonds is 7. The minimum absolute atomic E-state index is 0.269. The molecule has 1 amide bonds. The first kappa shape index (κ1) is 21.2. The number of hydrogen-bond acceptors (Lipinski definition) is 4. The summed E-state index contributed by atoms with van der Waals surface area (Å²) in [5.74, 6) is 0.0365. The van der Waals surface area contributed by atoms with E-state index in [9.17, 15) is 13.6 Å². The summed E-state index contributed by atoms with van der Waals surface area (Å²) < 4.78 is 33.9. The molecule has 0 saturated carbocycles. The molecule has 2 aromatic heterocycles. The van der Waals surface area contributed by atoms with Crippen molar-refractivity contribution in [3.63, 3.8) is 0 Å². The number of ether oxygens (including phenoxy) is 1. The van der Waals surface area contributed by atoms with Crippen molar-refractivity contribution < 1.29 is 18.3 Å². The van der Waals surface area contributed by atoms with E-state index in [-0.39, 0.29) is 24.1 Å². The van der Waals surface area contributed by atoms with E-state index < -0.39 is 0 Å². The fourth-order valence-electron chi connectivity index (χ4n) is 2.78. The van der Waals surface area contributed by atoms with Gasteiger partial charge in [-0.15, -0.1) is 11.3 Å². The number of aromatic nitrogens is 2. The van der Waals surface area contributed by atoms with Crippen LogP contribution in [0.15, 0.2) is 70.6 Å². The largest absolute Gasteiger partial charge is 0.489 e. The lowest BCUT2D eigenvalue weighted by Crippen LogP contribution is -2.11. The lowest BCUT2D eigenvalue weighted by Gasteiger charge is -2.04. The Labute approximate surface area is 189 Å². The third kappa shape index (κ3) is 5.56. The van der Waals surface area contributed by atoms with Crippen LogP contribution in [0.2, 0.25) is 0 Å². The van der Waals surface area contributed by atoms with Gasteiger partial charge >= 0.3 is 0 Å². The lowest BCUT2D eigenvalue weighted by atomic mass is 10.2. The van der Waals surface area contributed by atoms with Crippen molar-refractivity contribution in [2.75, 3.05) is 5.32 Å². The van der Waals surface area contributed by atoms with Crippen molar-refractivity contribution >= 4 is 39.0 Å². The van der Waals surface area contributed by atoms with Crippen molar-refractivity contribution in [2.24, 2.45) is 0 Å². The Hall–Kier alpha value is -3.04. The third-order valence-electron chi connectivity index (χ3n) is 4.30. The van der Waals surface area contributed by atoms with Gasteiger partial charge < -0.3 is 10.1 Å². The predicted molar refractivity (Wildman–Crippen MR) is 118 cm³/mol. The molecule has 2 aromatic carbocycles. The van der Waals surface area contributed by atoms with Gasteiger partial charge in [0.1, 0.15) is 24.0 Å². The average Bonchev–Trinajstić information content (AvgIpc) is 3.36. The number of benzene rings is 2. The molecule has 31 heavy (non-hydrogen) atoms. The first-order valence-corrected chi connectivity index (χ1v) is 10.9. The SMILES string of the molecule is O=C(Nc1nn(Cc2ccc(F)cc2)cc1Br)c1cc(COc2ccc(F)cc2)cs1. The second-order valence-electron chi connectivity index (χ2n) is 6.67. The van der Waals surface area contributed by atoms with Crippen molar-refractivity contribution in [1.82, 2.24) is 9.78 Å². The Kier molecular flexibility index (Phi) is 6.43. The Morgan fingerprint density at radius 3 is 2.45 bits per heavy atom. The highest BCUT2D eigenvalue weighted by Crippen LogP contribution is 2.24. The van der Waals surface area contributed by atoms with Crippen molar-refractivity contribution in [3.8, 4) is 5.75 Å². The molecule has 1 N–H and O–H groups in total. The molecule has 0 saturated heterocycles. The molecule has 158 valence electrons. The number of nitrogens with zero attached hydrogens (tertiary/aromatic N) is 2. The van der Waals surface area contributed by atoms with E-state index in [1.54, 1.807) is 41.2 Å². The predicted octanol–water partition coefficient (Wildman–Crippen LogP) is 5.86. The molecule has 0 radical (unpaired) electrons. The maximum atomic E-state index is 13.1. The van der Waals surface area contributed by atoms with Crippen LogP contribution >= 0.6 is 27.3 Å². The van der Waals surface area contributed by atoms with Crippen LogP contribution in [0.5, 0.6) is 5.75 Å². The first-order valence-electron chi connectivity index (χ1n) is 9.21. The number of carbonyl (C=O) groups excluding carboxylic acids is 1. The van der Waals surface area contributed by atoms with Crippen LogP contribution < -0.4 is 10.1 Å². The van der Waals surface area contributed by atoms with Crippen LogP contribution in [-0.4, -0.2) is 15.7 Å². The summed E-state index contributed by atoms with van der Waals surface area (Å²) in [5, 5.41) is 9.00. The van der Waals surface area contributed by atoms with Gasteiger partial charge in [-0.1, -0.05) is 12.1 Å². The second kappa shape index (κ2) is 9.40. The molecule has 4 aromatic rings. The number of amides is 1. The highest BCUT2D eigenvalue weighted by Gasteiger charge is 2.14. The van der Waals surface area contributed by atoms with E-state index in [1.165, 1.54) is 35.6 Å². The van der Waals surface area contributed by atoms with Crippen LogP contribution in [0.25, 0.3) is 0 Å². The van der Waals surface area contributed by atoms with E-state index in [1.807, 2.05) is 5.38 Å². The zero-order chi connectivity index (χ0) is 21.8. The fourth-order valence-corrected chi connectivity index (χ4v) is 3.98. The third-order valence-corrected chi connectivity index (χ3v) is 5.86. The van der Waals surface area contributed by atoms with Crippen molar-refractivity contribution in [3.05, 3.63) is 98.3 Å². The zero-order valence-corrected chi connectivity index (χ0v) is 18.4. The molecular formula is C22H16BrF2N3O2S. The van der Waals surface area contributed by atoms with Gasteiger partial charge in [-0.3, -0.25) is 9.48 Å². The number of hydrogen-bond donors (Lipinski definition) is 1. The molecule has 9 heteroatoms. The van der Waals surface area contributed by atoms with Gasteiger partial charge in [0.2, 0.25) is 0 Å². The van der Waals surface area contributed by atoms with Crippen molar-refractivity contribution in [2.45, 2.75) is 13.2 Å². The maximum absolute atomic E-state index is 13.1. The highest BCUT2D eigenvalue weighted by molar-refractivity contribution is 9.10. The average molecular weight is 504 g/mol. The molecule has 0 aliphatic heterocycles. The summed E-state index contributed by atoms with van der Waals surface area (Å²) in [6.45, 7) is 0.712. The first-order chi connectivity index (χ1) is 15.0. The van der Waals surface area contributed by atoms with E-state index in [0.717, 1.165) is 11.1 Å². The molecule has 0 spiro atoms. The van der Waals surface area contributed by atoms with E-state index >= 15 is 0 Å². The molecular weight excluding hydrogens is 488 g/mol. The molecule has 0 aliphatic carbocycles. The Bertz CT molecular complexity index is 1190. The smallest absolute Gasteiger partial charge is 0.266 e. The van der Waals surface area contributed by atoms with E-state index in [4.69, 9.17) is 4.74 Å². The van der Waals surface area contributed by atoms with Gasteiger partial charge in [-0.05, 0) is 69.3 Å². The second-order valence-corrected chi connectivity index (χ2v) is 8.43. The zero-order valence-electron chi connectivity index (χ0n) is 16.0. The highest BCUT2D eigenvalue weighted by atomic mass is 79.9. The Morgan fingerprint density at radius 2 is 1.74 bits per heavy atom. The molecule has 0 aliphatic rings. The summed E-state index contributed by atoms with van der Waals surface area (Å²) >= 11 is 4.70. The summed E-state index contributed by atoms with van der Waals surface area (Å²) in [6, 6.07) is 13.7. The van der Waals surface area contributed by atoms with E-state index in [2.05, 4.69) is 26.3 Å². The molecule has 2 heterocycles. The van der Waals surface area contributed by atoms with Gasteiger partial charge in [0, 0.05) is 11.8 Å². The Balaban J connectivity index is 1.36. The number of anilines is 1. The molecule has 5 nitrogen and oxygen atoms in total. The fraction of sp³-hybridized carbons (Fsp3) is 0.0909. The maximum Gasteiger partial charge on any atom is 0.266 e. The van der Waals surface area contributed by atoms with Crippen LogP contribution in [-0.2, 0) is 13.2 Å². The Morgan fingerprint density at radius 1 is 1.06 bits per heavy atom. The van der Waals surface area contributed by atoms with Crippen molar-refractivity contribution in [1.29, 1.82) is 0 Å². The lowest BCUT2D eigenvalue weighted by molar-refractivity contribution is 0.103. The van der Waals surface area contributed by atoms with Crippen LogP contribution in [0.1, 0.15) is 20.8 Å². The number of thiophene rings is 1. The van der Waals surface area contributed by atoms with Gasteiger partial charge in [0.25, 0.3) is 5.91 Å². The molecule has 4 rings (SSSR count). The van der Waals surface area contributed by atoms with E-state index in [0.29, 0.717) is 27.5 Å². The van der Waals surface area contributed by atoms with Crippen LogP contribution in [0.3, 0.4) is 0 Å². The van der Waals surface area contributed by atoms with Gasteiger partial charge in [0.15, 0.2) is 5.82 Å². The minimum Gasteiger partial charge on any atom is -0.489 e. The van der Waals surface area contributed by atoms with Crippen LogP contribution in [0.4, 0.5) is 14.6 Å². The normalized spacial score (nSPS) is 10.8. The van der Waals surface area contributed by atoms with Gasteiger partial charge in [-0.25, -0.2) is 8.78 Å². The summed E-state index contributed by atoms with van der Waals surface area (Å²) in [7, 11) is 0. The summed E-state index contributed by atoms with van der Waals surface area (Å²) in [4.78, 5) is 13.1. The molecule has 0 unspecified atom stereocenters. The number of carbonyl (C=O) groups is 1. The summed E-state index contributed by atoms with van der Waals surface area (Å²) in [5.41, 5.74) is 1.72. The molecule has 0 fully saturated rings.